The molecule has 2 aromatic rings. The highest BCUT2D eigenvalue weighted by Gasteiger charge is 2.26. The number of hydrogen-bond acceptors (Lipinski definition) is 6. The molecule has 0 N–H and O–H groups in total. The topological polar surface area (TPSA) is 82.8 Å². The molecule has 0 saturated carbocycles. The lowest BCUT2D eigenvalue weighted by Gasteiger charge is -2.34. The lowest BCUT2D eigenvalue weighted by Crippen LogP contribution is -2.49. The molecule has 0 radical (unpaired) electrons. The second-order valence-electron chi connectivity index (χ2n) is 7.53. The van der Waals surface area contributed by atoms with E-state index in [1.165, 1.54) is 12.7 Å². The molecule has 2 aliphatic heterocycles. The SMILES string of the molecule is CC1CCCN(C(=O)c2ccc(N3CCN(C(=O)c4ccco4)CC3)nn2)C1. The van der Waals surface area contributed by atoms with E-state index in [0.29, 0.717) is 43.6 Å². The van der Waals surface area contributed by atoms with Crippen LogP contribution < -0.4 is 4.90 Å². The van der Waals surface area contributed by atoms with Crippen molar-refractivity contribution in [2.24, 2.45) is 5.92 Å². The van der Waals surface area contributed by atoms with Gasteiger partial charge in [0.2, 0.25) is 0 Å². The van der Waals surface area contributed by atoms with Crippen LogP contribution in [0.5, 0.6) is 0 Å². The van der Waals surface area contributed by atoms with Crippen LogP contribution in [-0.4, -0.2) is 71.1 Å². The van der Waals surface area contributed by atoms with Gasteiger partial charge in [-0.05, 0) is 43.0 Å². The van der Waals surface area contributed by atoms with Gasteiger partial charge in [-0.1, -0.05) is 6.92 Å². The Balaban J connectivity index is 1.34. The first-order chi connectivity index (χ1) is 13.6. The van der Waals surface area contributed by atoms with Crippen molar-refractivity contribution in [3.8, 4) is 0 Å². The van der Waals surface area contributed by atoms with E-state index in [0.717, 1.165) is 25.3 Å². The first kappa shape index (κ1) is 18.5. The third kappa shape index (κ3) is 3.85. The molecule has 4 rings (SSSR count). The van der Waals surface area contributed by atoms with E-state index in [4.69, 9.17) is 4.42 Å². The number of aromatic nitrogens is 2. The molecule has 2 fully saturated rings. The van der Waals surface area contributed by atoms with E-state index in [9.17, 15) is 9.59 Å². The maximum Gasteiger partial charge on any atom is 0.289 e. The molecule has 0 spiro atoms. The molecule has 2 aromatic heterocycles. The first-order valence-electron chi connectivity index (χ1n) is 9.82. The standard InChI is InChI=1S/C20H25N5O3/c1-15-4-2-8-25(14-15)19(26)16-6-7-18(22-21-16)23-9-11-24(12-10-23)20(27)17-5-3-13-28-17/h3,5-7,13,15H,2,4,8-12,14H2,1H3. The summed E-state index contributed by atoms with van der Waals surface area (Å²) in [5.41, 5.74) is 0.393. The summed E-state index contributed by atoms with van der Waals surface area (Å²) in [6.07, 6.45) is 3.72. The zero-order valence-corrected chi connectivity index (χ0v) is 16.1. The Hall–Kier alpha value is -2.90. The van der Waals surface area contributed by atoms with Gasteiger partial charge >= 0.3 is 0 Å². The van der Waals surface area contributed by atoms with Crippen molar-refractivity contribution in [2.75, 3.05) is 44.2 Å². The highest BCUT2D eigenvalue weighted by Crippen LogP contribution is 2.19. The van der Waals surface area contributed by atoms with Gasteiger partial charge < -0.3 is 19.1 Å². The Morgan fingerprint density at radius 2 is 1.82 bits per heavy atom. The Labute approximate surface area is 164 Å². The predicted octanol–water partition coefficient (Wildman–Crippen LogP) is 1.90. The van der Waals surface area contributed by atoms with Crippen molar-refractivity contribution in [1.29, 1.82) is 0 Å². The smallest absolute Gasteiger partial charge is 0.289 e. The van der Waals surface area contributed by atoms with E-state index in [1.807, 2.05) is 11.0 Å². The van der Waals surface area contributed by atoms with Gasteiger partial charge in [0.1, 0.15) is 0 Å². The summed E-state index contributed by atoms with van der Waals surface area (Å²) in [6.45, 7) is 6.26. The van der Waals surface area contributed by atoms with Crippen LogP contribution in [0.3, 0.4) is 0 Å². The Kier molecular flexibility index (Phi) is 5.27. The monoisotopic (exact) mass is 383 g/mol. The Morgan fingerprint density at radius 3 is 2.46 bits per heavy atom. The number of anilines is 1. The molecule has 1 atom stereocenters. The summed E-state index contributed by atoms with van der Waals surface area (Å²) < 4.78 is 5.19. The number of carbonyl (C=O) groups is 2. The van der Waals surface area contributed by atoms with Crippen molar-refractivity contribution in [2.45, 2.75) is 19.8 Å². The van der Waals surface area contributed by atoms with Crippen molar-refractivity contribution >= 4 is 17.6 Å². The molecular weight excluding hydrogens is 358 g/mol. The average molecular weight is 383 g/mol. The van der Waals surface area contributed by atoms with Gasteiger partial charge in [-0.3, -0.25) is 9.59 Å². The molecule has 2 amide bonds. The molecule has 1 unspecified atom stereocenters. The summed E-state index contributed by atoms with van der Waals surface area (Å²) in [7, 11) is 0. The summed E-state index contributed by atoms with van der Waals surface area (Å²) in [4.78, 5) is 30.7. The van der Waals surface area contributed by atoms with Crippen LogP contribution in [0.15, 0.2) is 34.9 Å². The summed E-state index contributed by atoms with van der Waals surface area (Å²) >= 11 is 0. The van der Waals surface area contributed by atoms with Crippen LogP contribution in [0.25, 0.3) is 0 Å². The highest BCUT2D eigenvalue weighted by molar-refractivity contribution is 5.92. The van der Waals surface area contributed by atoms with E-state index in [2.05, 4.69) is 22.0 Å². The van der Waals surface area contributed by atoms with E-state index < -0.39 is 0 Å². The van der Waals surface area contributed by atoms with Gasteiger partial charge in [-0.25, -0.2) is 0 Å². The summed E-state index contributed by atoms with van der Waals surface area (Å²) in [5, 5.41) is 8.43. The summed E-state index contributed by atoms with van der Waals surface area (Å²) in [5.74, 6) is 1.49. The third-order valence-electron chi connectivity index (χ3n) is 5.44. The van der Waals surface area contributed by atoms with Gasteiger partial charge in [0, 0.05) is 39.3 Å². The number of amides is 2. The lowest BCUT2D eigenvalue weighted by molar-refractivity contribution is 0.0674. The minimum atomic E-state index is -0.0903. The maximum atomic E-state index is 12.6. The Bertz CT molecular complexity index is 813. The molecule has 0 aliphatic carbocycles. The van der Waals surface area contributed by atoms with Crippen molar-refractivity contribution in [3.05, 3.63) is 42.0 Å². The number of piperidine rings is 1. The molecule has 148 valence electrons. The van der Waals surface area contributed by atoms with Crippen molar-refractivity contribution in [3.63, 3.8) is 0 Å². The number of nitrogens with zero attached hydrogens (tertiary/aromatic N) is 5. The molecule has 2 aliphatic rings. The number of piperazine rings is 1. The molecular formula is C20H25N5O3. The number of rotatable bonds is 3. The lowest BCUT2D eigenvalue weighted by atomic mass is 10.00. The molecule has 8 heteroatoms. The molecule has 28 heavy (non-hydrogen) atoms. The van der Waals surface area contributed by atoms with Gasteiger partial charge in [-0.2, -0.15) is 0 Å². The fourth-order valence-electron chi connectivity index (χ4n) is 3.84. The number of carbonyl (C=O) groups excluding carboxylic acids is 2. The number of likely N-dealkylation sites (tertiary alicyclic amines) is 1. The third-order valence-corrected chi connectivity index (χ3v) is 5.44. The predicted molar refractivity (Wildman–Crippen MR) is 103 cm³/mol. The van der Waals surface area contributed by atoms with Gasteiger partial charge in [0.05, 0.1) is 6.26 Å². The molecule has 2 saturated heterocycles. The van der Waals surface area contributed by atoms with E-state index >= 15 is 0 Å². The van der Waals surface area contributed by atoms with Crippen LogP contribution in [0, 0.1) is 5.92 Å². The van der Waals surface area contributed by atoms with Gasteiger partial charge in [0.25, 0.3) is 11.8 Å². The second kappa shape index (κ2) is 8.00. The van der Waals surface area contributed by atoms with Gasteiger partial charge in [-0.15, -0.1) is 10.2 Å². The minimum absolute atomic E-state index is 0.0422. The molecule has 8 nitrogen and oxygen atoms in total. The minimum Gasteiger partial charge on any atom is -0.459 e. The van der Waals surface area contributed by atoms with Crippen LogP contribution >= 0.6 is 0 Å². The van der Waals surface area contributed by atoms with E-state index in [-0.39, 0.29) is 11.8 Å². The molecule has 0 bridgehead atoms. The van der Waals surface area contributed by atoms with Crippen molar-refractivity contribution < 1.29 is 14.0 Å². The number of hydrogen-bond donors (Lipinski definition) is 0. The van der Waals surface area contributed by atoms with Crippen LogP contribution in [-0.2, 0) is 0 Å². The molecule has 0 aromatic carbocycles. The normalized spacial score (nSPS) is 20.3. The maximum absolute atomic E-state index is 12.6. The first-order valence-corrected chi connectivity index (χ1v) is 9.82. The Morgan fingerprint density at radius 1 is 1.00 bits per heavy atom. The number of furan rings is 1. The largest absolute Gasteiger partial charge is 0.459 e. The van der Waals surface area contributed by atoms with Crippen LogP contribution in [0.2, 0.25) is 0 Å². The second-order valence-corrected chi connectivity index (χ2v) is 7.53. The molecule has 4 heterocycles. The van der Waals surface area contributed by atoms with Crippen LogP contribution in [0.1, 0.15) is 40.8 Å². The zero-order chi connectivity index (χ0) is 19.5. The zero-order valence-electron chi connectivity index (χ0n) is 16.1. The van der Waals surface area contributed by atoms with Crippen molar-refractivity contribution in [1.82, 2.24) is 20.0 Å². The van der Waals surface area contributed by atoms with Gasteiger partial charge in [0.15, 0.2) is 17.3 Å². The summed E-state index contributed by atoms with van der Waals surface area (Å²) in [6, 6.07) is 6.99. The average Bonchev–Trinajstić information content (AvgIpc) is 3.28. The quantitative estimate of drug-likeness (QED) is 0.805. The highest BCUT2D eigenvalue weighted by atomic mass is 16.3. The van der Waals surface area contributed by atoms with E-state index in [1.54, 1.807) is 23.1 Å². The fourth-order valence-corrected chi connectivity index (χ4v) is 3.84. The fraction of sp³-hybridized carbons (Fsp3) is 0.500. The van der Waals surface area contributed by atoms with Crippen LogP contribution in [0.4, 0.5) is 5.82 Å².